The van der Waals surface area contributed by atoms with Crippen molar-refractivity contribution in [3.05, 3.63) is 0 Å². The minimum absolute atomic E-state index is 0.00730. The standard InChI is InChI=1S/C29H45N5O9/c1-19-17-26(39)33(28(19)41)13-9-24(37)31-12-5-4-7-21(22(35)8-6-15-43-16-11-23(36)30-3)32-25(38)10-14-34-27(40)18-20(2)29(34)42/h19-21H,4-18H2,1-3H3,(H,30,36)(H,31,37)(H,32,38). The molecule has 0 bridgehead atoms. The number of Topliss-reactive ketones (excluding diaryl/α,β-unsaturated/α-hetero) is 1. The van der Waals surface area contributed by atoms with Gasteiger partial charge in [-0.25, -0.2) is 0 Å². The molecule has 0 saturated carbocycles. The molecule has 3 atom stereocenters. The van der Waals surface area contributed by atoms with Crippen LogP contribution in [-0.2, 0) is 43.1 Å². The first-order valence-corrected chi connectivity index (χ1v) is 15.0. The normalized spacial score (nSPS) is 19.1. The SMILES string of the molecule is CNC(=O)CCOCCCC(=O)C(CCCCNC(=O)CCN1C(=O)CC(C)C1=O)NC(=O)CCN1C(=O)CC(C)C1=O. The van der Waals surface area contributed by atoms with E-state index in [9.17, 15) is 38.4 Å². The molecule has 14 heteroatoms. The van der Waals surface area contributed by atoms with Crippen LogP contribution in [0, 0.1) is 11.8 Å². The molecular weight excluding hydrogens is 562 g/mol. The third-order valence-electron chi connectivity index (χ3n) is 7.49. The summed E-state index contributed by atoms with van der Waals surface area (Å²) in [5, 5.41) is 7.97. The Morgan fingerprint density at radius 2 is 1.35 bits per heavy atom. The summed E-state index contributed by atoms with van der Waals surface area (Å²) in [6, 6.07) is -0.785. The molecule has 14 nitrogen and oxygen atoms in total. The average molecular weight is 608 g/mol. The minimum atomic E-state index is -0.785. The Hall–Kier alpha value is -3.68. The van der Waals surface area contributed by atoms with Crippen molar-refractivity contribution in [1.82, 2.24) is 25.8 Å². The number of nitrogens with zero attached hydrogens (tertiary/aromatic N) is 2. The van der Waals surface area contributed by atoms with Crippen molar-refractivity contribution in [3.63, 3.8) is 0 Å². The maximum atomic E-state index is 13.0. The van der Waals surface area contributed by atoms with Crippen LogP contribution in [0.25, 0.3) is 0 Å². The van der Waals surface area contributed by atoms with E-state index >= 15 is 0 Å². The third kappa shape index (κ3) is 11.8. The number of ether oxygens (including phenoxy) is 1. The molecule has 7 amide bonds. The molecular formula is C29H45N5O9. The molecule has 2 aliphatic heterocycles. The number of nitrogens with one attached hydrogen (secondary N) is 3. The molecule has 2 fully saturated rings. The maximum absolute atomic E-state index is 13.0. The molecule has 2 saturated heterocycles. The number of imide groups is 2. The molecule has 0 radical (unpaired) electrons. The first kappa shape index (κ1) is 35.5. The van der Waals surface area contributed by atoms with Crippen LogP contribution in [0.15, 0.2) is 0 Å². The van der Waals surface area contributed by atoms with Gasteiger partial charge in [-0.2, -0.15) is 0 Å². The van der Waals surface area contributed by atoms with E-state index in [0.29, 0.717) is 32.2 Å². The summed E-state index contributed by atoms with van der Waals surface area (Å²) in [6.07, 6.45) is 2.31. The molecule has 3 N–H and O–H groups in total. The fraction of sp³-hybridized carbons (Fsp3) is 0.724. The van der Waals surface area contributed by atoms with Gasteiger partial charge in [-0.3, -0.25) is 48.2 Å². The lowest BCUT2D eigenvalue weighted by Gasteiger charge is -2.19. The first-order valence-electron chi connectivity index (χ1n) is 15.0. The van der Waals surface area contributed by atoms with E-state index in [0.717, 1.165) is 9.80 Å². The van der Waals surface area contributed by atoms with E-state index in [-0.39, 0.29) is 112 Å². The number of unbranched alkanes of at least 4 members (excludes halogenated alkanes) is 1. The van der Waals surface area contributed by atoms with Crippen molar-refractivity contribution in [3.8, 4) is 0 Å². The van der Waals surface area contributed by atoms with Gasteiger partial charge in [0.05, 0.1) is 12.6 Å². The zero-order valence-electron chi connectivity index (χ0n) is 25.4. The number of likely N-dealkylation sites (tertiary alicyclic amines) is 2. The molecule has 2 aliphatic rings. The molecule has 0 aromatic rings. The van der Waals surface area contributed by atoms with Crippen molar-refractivity contribution in [2.24, 2.45) is 11.8 Å². The van der Waals surface area contributed by atoms with Crippen LogP contribution in [0.5, 0.6) is 0 Å². The molecule has 0 aromatic heterocycles. The van der Waals surface area contributed by atoms with Gasteiger partial charge in [0.15, 0.2) is 5.78 Å². The number of ketones is 1. The Morgan fingerprint density at radius 3 is 1.88 bits per heavy atom. The average Bonchev–Trinajstić information content (AvgIpc) is 3.36. The second kappa shape index (κ2) is 18.1. The lowest BCUT2D eigenvalue weighted by molar-refractivity contribution is -0.141. The molecule has 0 aromatic carbocycles. The van der Waals surface area contributed by atoms with Gasteiger partial charge in [0.1, 0.15) is 0 Å². The molecule has 3 unspecified atom stereocenters. The molecule has 2 heterocycles. The summed E-state index contributed by atoms with van der Waals surface area (Å²) in [4.78, 5) is 99.2. The summed E-state index contributed by atoms with van der Waals surface area (Å²) in [5.41, 5.74) is 0. The van der Waals surface area contributed by atoms with Gasteiger partial charge < -0.3 is 20.7 Å². The number of hydrogen-bond donors (Lipinski definition) is 3. The Labute approximate surface area is 252 Å². The van der Waals surface area contributed by atoms with Gasteiger partial charge in [0.25, 0.3) is 0 Å². The number of rotatable bonds is 20. The highest BCUT2D eigenvalue weighted by molar-refractivity contribution is 6.04. The van der Waals surface area contributed by atoms with E-state index in [2.05, 4.69) is 16.0 Å². The summed E-state index contributed by atoms with van der Waals surface area (Å²) in [7, 11) is 1.53. The van der Waals surface area contributed by atoms with Gasteiger partial charge in [0, 0.05) is 83.6 Å². The topological polar surface area (TPSA) is 188 Å². The monoisotopic (exact) mass is 607 g/mol. The van der Waals surface area contributed by atoms with Crippen molar-refractivity contribution < 1.29 is 43.1 Å². The Morgan fingerprint density at radius 1 is 0.767 bits per heavy atom. The Bertz CT molecular complexity index is 1060. The van der Waals surface area contributed by atoms with E-state index in [1.54, 1.807) is 13.8 Å². The highest BCUT2D eigenvalue weighted by Crippen LogP contribution is 2.19. The van der Waals surface area contributed by atoms with Crippen LogP contribution < -0.4 is 16.0 Å². The predicted molar refractivity (Wildman–Crippen MR) is 153 cm³/mol. The lowest BCUT2D eigenvalue weighted by atomic mass is 10.0. The van der Waals surface area contributed by atoms with Gasteiger partial charge in [-0.1, -0.05) is 13.8 Å². The zero-order chi connectivity index (χ0) is 31.9. The predicted octanol–water partition coefficient (Wildman–Crippen LogP) is -0.170. The van der Waals surface area contributed by atoms with Gasteiger partial charge >= 0.3 is 0 Å². The number of hydrogen-bond acceptors (Lipinski definition) is 9. The van der Waals surface area contributed by atoms with E-state index < -0.39 is 17.9 Å². The smallest absolute Gasteiger partial charge is 0.232 e. The van der Waals surface area contributed by atoms with Crippen LogP contribution in [-0.4, -0.2) is 103 Å². The number of carbonyl (C=O) groups excluding carboxylic acids is 8. The Balaban J connectivity index is 1.77. The second-order valence-electron chi connectivity index (χ2n) is 11.0. The summed E-state index contributed by atoms with van der Waals surface area (Å²) in [5.74, 6) is -3.00. The van der Waals surface area contributed by atoms with Crippen LogP contribution in [0.3, 0.4) is 0 Å². The van der Waals surface area contributed by atoms with Gasteiger partial charge in [-0.05, 0) is 25.7 Å². The Kier molecular flexibility index (Phi) is 14.9. The lowest BCUT2D eigenvalue weighted by Crippen LogP contribution is -2.42. The number of carbonyl (C=O) groups is 8. The zero-order valence-corrected chi connectivity index (χ0v) is 25.4. The molecule has 43 heavy (non-hydrogen) atoms. The van der Waals surface area contributed by atoms with E-state index in [1.807, 2.05) is 0 Å². The van der Waals surface area contributed by atoms with Crippen molar-refractivity contribution in [2.45, 2.75) is 84.1 Å². The van der Waals surface area contributed by atoms with Crippen molar-refractivity contribution >= 4 is 47.1 Å². The van der Waals surface area contributed by atoms with Crippen LogP contribution in [0.1, 0.15) is 78.1 Å². The molecule has 2 rings (SSSR count). The highest BCUT2D eigenvalue weighted by Gasteiger charge is 2.36. The second-order valence-corrected chi connectivity index (χ2v) is 11.0. The van der Waals surface area contributed by atoms with Gasteiger partial charge in [0.2, 0.25) is 41.4 Å². The first-order chi connectivity index (χ1) is 20.4. The largest absolute Gasteiger partial charge is 0.381 e. The van der Waals surface area contributed by atoms with Crippen LogP contribution >= 0.6 is 0 Å². The van der Waals surface area contributed by atoms with E-state index in [4.69, 9.17) is 4.74 Å². The minimum Gasteiger partial charge on any atom is -0.381 e. The summed E-state index contributed by atoms with van der Waals surface area (Å²) < 4.78 is 5.40. The van der Waals surface area contributed by atoms with Gasteiger partial charge in [-0.15, -0.1) is 0 Å². The molecule has 0 aliphatic carbocycles. The maximum Gasteiger partial charge on any atom is 0.232 e. The fourth-order valence-electron chi connectivity index (χ4n) is 4.88. The third-order valence-corrected chi connectivity index (χ3v) is 7.49. The molecule has 240 valence electrons. The summed E-state index contributed by atoms with van der Waals surface area (Å²) >= 11 is 0. The van der Waals surface area contributed by atoms with Crippen LogP contribution in [0.4, 0.5) is 0 Å². The fourth-order valence-corrected chi connectivity index (χ4v) is 4.88. The highest BCUT2D eigenvalue weighted by atomic mass is 16.5. The summed E-state index contributed by atoms with van der Waals surface area (Å²) in [6.45, 7) is 4.17. The quantitative estimate of drug-likeness (QED) is 0.125. The number of amides is 7. The van der Waals surface area contributed by atoms with E-state index in [1.165, 1.54) is 7.05 Å². The van der Waals surface area contributed by atoms with Crippen LogP contribution in [0.2, 0.25) is 0 Å². The van der Waals surface area contributed by atoms with Crippen molar-refractivity contribution in [2.75, 3.05) is 39.9 Å². The van der Waals surface area contributed by atoms with Crippen molar-refractivity contribution in [1.29, 1.82) is 0 Å². The molecule has 0 spiro atoms.